The highest BCUT2D eigenvalue weighted by atomic mass is 19.4. The third-order valence-corrected chi connectivity index (χ3v) is 8.99. The first-order valence-corrected chi connectivity index (χ1v) is 15.8. The van der Waals surface area contributed by atoms with Crippen molar-refractivity contribution >= 4 is 17.9 Å². The predicted octanol–water partition coefficient (Wildman–Crippen LogP) is 6.08. The molecule has 3 N–H and O–H groups in total. The maximum atomic E-state index is 10.6. The van der Waals surface area contributed by atoms with Crippen molar-refractivity contribution in [3.8, 4) is 0 Å². The van der Waals surface area contributed by atoms with Crippen LogP contribution in [0.1, 0.15) is 50.2 Å². The van der Waals surface area contributed by atoms with Gasteiger partial charge in [-0.15, -0.1) is 0 Å². The van der Waals surface area contributed by atoms with Crippen molar-refractivity contribution in [2.24, 2.45) is 10.8 Å². The number of hydrogen-bond acceptors (Lipinski definition) is 8. The van der Waals surface area contributed by atoms with E-state index in [1.54, 1.807) is 0 Å². The number of carboxylic acids is 3. The molecule has 0 aliphatic carbocycles. The number of likely N-dealkylation sites (tertiary alicyclic amines) is 3. The smallest absolute Gasteiger partial charge is 0.475 e. The number of hydrogen-bond donors (Lipinski definition) is 3. The Hall–Kier alpha value is -3.91. The zero-order chi connectivity index (χ0) is 39.7. The molecule has 5 heterocycles. The topological polar surface area (TPSA) is 148 Å². The summed E-state index contributed by atoms with van der Waals surface area (Å²) in [6, 6.07) is 9.19. The van der Waals surface area contributed by atoms with Crippen molar-refractivity contribution in [2.75, 3.05) is 39.3 Å². The minimum atomic E-state index is -5.08. The molecule has 2 spiro atoms. The maximum absolute atomic E-state index is 10.6. The van der Waals surface area contributed by atoms with Gasteiger partial charge < -0.3 is 19.7 Å². The average Bonchev–Trinajstić information content (AvgIpc) is 3.47. The molecule has 3 fully saturated rings. The monoisotopic (exact) mass is 764 g/mol. The molecule has 3 saturated heterocycles. The Morgan fingerprint density at radius 1 is 0.769 bits per heavy atom. The standard InChI is InChI=1S/C26H38N4O.3C2HF3O2/c1-21(2)30-19-26(20-30)18-29(15-23-6-4-11-27-14-23)17-25(26)9-5-12-28(13-10-25)16-24-8-7-22(3)31-24;3*3-2(4,5)1(6)7/h4,6-8,11,14,21H,5,9-10,12-13,15-20H2,1-3H3;3*(H,6,7). The van der Waals surface area contributed by atoms with Gasteiger partial charge in [-0.3, -0.25) is 19.7 Å². The van der Waals surface area contributed by atoms with Crippen LogP contribution in [0.5, 0.6) is 0 Å². The summed E-state index contributed by atoms with van der Waals surface area (Å²) in [4.78, 5) is 39.1. The Morgan fingerprint density at radius 3 is 1.71 bits per heavy atom. The van der Waals surface area contributed by atoms with E-state index in [0.29, 0.717) is 16.9 Å². The Balaban J connectivity index is 0.000000365. The molecule has 0 saturated carbocycles. The molecule has 0 aromatic carbocycles. The molecule has 3 aliphatic rings. The lowest BCUT2D eigenvalue weighted by molar-refractivity contribution is -0.193. The van der Waals surface area contributed by atoms with E-state index < -0.39 is 36.4 Å². The highest BCUT2D eigenvalue weighted by molar-refractivity contribution is 5.73. The van der Waals surface area contributed by atoms with Gasteiger partial charge in [0.05, 0.1) is 6.54 Å². The van der Waals surface area contributed by atoms with Gasteiger partial charge in [0, 0.05) is 56.6 Å². The van der Waals surface area contributed by atoms with E-state index in [0.717, 1.165) is 24.6 Å². The summed E-state index contributed by atoms with van der Waals surface area (Å²) in [7, 11) is 0. The molecule has 20 heteroatoms. The normalized spacial score (nSPS) is 20.8. The van der Waals surface area contributed by atoms with Crippen molar-refractivity contribution in [1.82, 2.24) is 19.7 Å². The molecule has 3 aliphatic heterocycles. The first-order valence-electron chi connectivity index (χ1n) is 15.8. The summed E-state index contributed by atoms with van der Waals surface area (Å²) < 4.78 is 101. The zero-order valence-electron chi connectivity index (χ0n) is 28.5. The van der Waals surface area contributed by atoms with Crippen LogP contribution in [-0.4, -0.2) is 117 Å². The van der Waals surface area contributed by atoms with E-state index in [9.17, 15) is 39.5 Å². The number of pyridine rings is 1. The van der Waals surface area contributed by atoms with Crippen molar-refractivity contribution in [3.63, 3.8) is 0 Å². The fraction of sp³-hybridized carbons (Fsp3) is 0.625. The predicted molar refractivity (Wildman–Crippen MR) is 165 cm³/mol. The molecule has 1 unspecified atom stereocenters. The molecule has 2 aromatic heterocycles. The first-order chi connectivity index (χ1) is 23.8. The molecule has 0 bridgehead atoms. The number of alkyl halides is 9. The fourth-order valence-electron chi connectivity index (χ4n) is 6.53. The van der Waals surface area contributed by atoms with Crippen LogP contribution in [0.2, 0.25) is 0 Å². The van der Waals surface area contributed by atoms with Gasteiger partial charge in [-0.25, -0.2) is 14.4 Å². The van der Waals surface area contributed by atoms with Gasteiger partial charge in [-0.1, -0.05) is 6.07 Å². The third kappa shape index (κ3) is 12.9. The molecule has 5 rings (SSSR count). The van der Waals surface area contributed by atoms with Gasteiger partial charge in [0.2, 0.25) is 0 Å². The molecule has 294 valence electrons. The second kappa shape index (κ2) is 17.7. The number of aliphatic carboxylic acids is 3. The second-order valence-corrected chi connectivity index (χ2v) is 13.1. The summed E-state index contributed by atoms with van der Waals surface area (Å²) in [6.07, 6.45) is -7.37. The van der Waals surface area contributed by atoms with E-state index >= 15 is 0 Å². The number of aryl methyl sites for hydroxylation is 1. The second-order valence-electron chi connectivity index (χ2n) is 13.1. The summed E-state index contributed by atoms with van der Waals surface area (Å²) in [5.41, 5.74) is 2.24. The first kappa shape index (κ1) is 44.3. The van der Waals surface area contributed by atoms with Gasteiger partial charge >= 0.3 is 36.4 Å². The van der Waals surface area contributed by atoms with Gasteiger partial charge in [-0.2, -0.15) is 39.5 Å². The van der Waals surface area contributed by atoms with Crippen LogP contribution in [0.15, 0.2) is 41.1 Å². The van der Waals surface area contributed by atoms with Crippen LogP contribution in [-0.2, 0) is 27.5 Å². The molecule has 11 nitrogen and oxygen atoms in total. The summed E-state index contributed by atoms with van der Waals surface area (Å²) in [5.74, 6) is -6.14. The largest absolute Gasteiger partial charge is 0.490 e. The van der Waals surface area contributed by atoms with Gasteiger partial charge in [-0.05, 0) is 82.3 Å². The molecular formula is C32H41F9N4O7. The molecule has 0 radical (unpaired) electrons. The van der Waals surface area contributed by atoms with Crippen LogP contribution >= 0.6 is 0 Å². The number of nitrogens with zero attached hydrogens (tertiary/aromatic N) is 4. The number of furan rings is 1. The number of aromatic nitrogens is 1. The van der Waals surface area contributed by atoms with Crippen molar-refractivity contribution in [1.29, 1.82) is 0 Å². The highest BCUT2D eigenvalue weighted by Crippen LogP contribution is 2.58. The molecule has 1 atom stereocenters. The van der Waals surface area contributed by atoms with Crippen molar-refractivity contribution in [2.45, 2.75) is 77.7 Å². The molecular weight excluding hydrogens is 723 g/mol. The molecule has 2 aromatic rings. The van der Waals surface area contributed by atoms with E-state index in [2.05, 4.69) is 57.8 Å². The quantitative estimate of drug-likeness (QED) is 0.305. The maximum Gasteiger partial charge on any atom is 0.490 e. The van der Waals surface area contributed by atoms with E-state index in [-0.39, 0.29) is 0 Å². The lowest BCUT2D eigenvalue weighted by Crippen LogP contribution is -2.65. The van der Waals surface area contributed by atoms with E-state index in [1.165, 1.54) is 64.1 Å². The molecule has 52 heavy (non-hydrogen) atoms. The van der Waals surface area contributed by atoms with Gasteiger partial charge in [0.1, 0.15) is 11.5 Å². The minimum Gasteiger partial charge on any atom is -0.475 e. The summed E-state index contributed by atoms with van der Waals surface area (Å²) in [5, 5.41) is 21.4. The van der Waals surface area contributed by atoms with Crippen LogP contribution < -0.4 is 0 Å². The van der Waals surface area contributed by atoms with Crippen LogP contribution in [0.3, 0.4) is 0 Å². The number of carbonyl (C=O) groups is 3. The number of carboxylic acid groups (broad SMARTS) is 3. The van der Waals surface area contributed by atoms with E-state index in [1.807, 2.05) is 19.3 Å². The van der Waals surface area contributed by atoms with Crippen LogP contribution in [0, 0.1) is 17.8 Å². The van der Waals surface area contributed by atoms with Gasteiger partial charge in [0.15, 0.2) is 0 Å². The highest BCUT2D eigenvalue weighted by Gasteiger charge is 2.62. The fourth-order valence-corrected chi connectivity index (χ4v) is 6.53. The molecule has 0 amide bonds. The van der Waals surface area contributed by atoms with Crippen molar-refractivity contribution < 1.29 is 73.6 Å². The SMILES string of the molecule is Cc1ccc(CN2CCCC3(CC2)CN(Cc2cccnc2)CC32CN(C(C)C)C2)o1.O=C(O)C(F)(F)F.O=C(O)C(F)(F)F.O=C(O)C(F)(F)F. The van der Waals surface area contributed by atoms with Gasteiger partial charge in [0.25, 0.3) is 0 Å². The lowest BCUT2D eigenvalue weighted by Gasteiger charge is -2.58. The number of halogens is 9. The van der Waals surface area contributed by atoms with Crippen molar-refractivity contribution in [3.05, 3.63) is 53.7 Å². The minimum absolute atomic E-state index is 0.439. The lowest BCUT2D eigenvalue weighted by atomic mass is 9.57. The Bertz CT molecular complexity index is 1400. The zero-order valence-corrected chi connectivity index (χ0v) is 28.5. The van der Waals surface area contributed by atoms with E-state index in [4.69, 9.17) is 34.1 Å². The Kier molecular flexibility index (Phi) is 15.1. The van der Waals surface area contributed by atoms with Crippen LogP contribution in [0.4, 0.5) is 39.5 Å². The average molecular weight is 765 g/mol. The van der Waals surface area contributed by atoms with Crippen LogP contribution in [0.25, 0.3) is 0 Å². The number of fused-ring (bicyclic) bond motifs is 1. The summed E-state index contributed by atoms with van der Waals surface area (Å²) in [6.45, 7) is 16.1. The Morgan fingerprint density at radius 2 is 1.29 bits per heavy atom. The number of rotatable bonds is 5. The summed E-state index contributed by atoms with van der Waals surface area (Å²) >= 11 is 0. The third-order valence-electron chi connectivity index (χ3n) is 8.99. The Labute approximate surface area is 293 Å².